The Labute approximate surface area is 188 Å². The van der Waals surface area contributed by atoms with Crippen molar-refractivity contribution in [3.8, 4) is 11.4 Å². The lowest BCUT2D eigenvalue weighted by Gasteiger charge is -2.34. The molecule has 8 nitrogen and oxygen atoms in total. The molecule has 1 fully saturated rings. The number of carbonyl (C=O) groups excluding carboxylic acids is 1. The number of carbonyl (C=O) groups is 1. The lowest BCUT2D eigenvalue weighted by molar-refractivity contribution is -0.138. The number of nitrogens with zero attached hydrogens (tertiary/aromatic N) is 6. The molecule has 3 aromatic rings. The zero-order chi connectivity index (χ0) is 23.4. The minimum atomic E-state index is -4.58. The first-order valence-electron chi connectivity index (χ1n) is 10.5. The summed E-state index contributed by atoms with van der Waals surface area (Å²) in [4.78, 5) is 16.3. The molecule has 2 heterocycles. The minimum Gasteiger partial charge on any atom is -0.494 e. The molecule has 0 unspecified atom stereocenters. The smallest absolute Gasteiger partial charge is 0.417 e. The summed E-state index contributed by atoms with van der Waals surface area (Å²) in [6.45, 7) is 4.56. The van der Waals surface area contributed by atoms with Crippen LogP contribution in [0.15, 0.2) is 48.5 Å². The van der Waals surface area contributed by atoms with Crippen molar-refractivity contribution in [2.75, 3.05) is 32.8 Å². The molecule has 1 aliphatic rings. The fourth-order valence-electron chi connectivity index (χ4n) is 3.75. The van der Waals surface area contributed by atoms with E-state index in [-0.39, 0.29) is 5.56 Å². The maximum atomic E-state index is 13.3. The molecule has 0 aliphatic carbocycles. The molecule has 0 atom stereocenters. The van der Waals surface area contributed by atoms with Gasteiger partial charge in [0.25, 0.3) is 5.91 Å². The summed E-state index contributed by atoms with van der Waals surface area (Å²) in [6.07, 6.45) is -4.58. The highest BCUT2D eigenvalue weighted by molar-refractivity contribution is 5.96. The number of amides is 1. The van der Waals surface area contributed by atoms with Crippen LogP contribution in [0, 0.1) is 0 Å². The van der Waals surface area contributed by atoms with Gasteiger partial charge in [-0.2, -0.15) is 17.9 Å². The summed E-state index contributed by atoms with van der Waals surface area (Å²) in [7, 11) is 0. The Kier molecular flexibility index (Phi) is 6.59. The van der Waals surface area contributed by atoms with Gasteiger partial charge in [-0.1, -0.05) is 12.1 Å². The molecule has 1 aromatic heterocycles. The highest BCUT2D eigenvalue weighted by atomic mass is 19.4. The van der Waals surface area contributed by atoms with E-state index in [1.54, 1.807) is 4.68 Å². The summed E-state index contributed by atoms with van der Waals surface area (Å²) >= 11 is 0. The van der Waals surface area contributed by atoms with Crippen molar-refractivity contribution in [1.29, 1.82) is 0 Å². The van der Waals surface area contributed by atoms with Crippen LogP contribution >= 0.6 is 0 Å². The van der Waals surface area contributed by atoms with Crippen molar-refractivity contribution < 1.29 is 22.7 Å². The van der Waals surface area contributed by atoms with Gasteiger partial charge in [-0.25, -0.2) is 0 Å². The number of aromatic nitrogens is 4. The second kappa shape index (κ2) is 9.57. The fourth-order valence-corrected chi connectivity index (χ4v) is 3.75. The molecule has 1 amide bonds. The Balaban J connectivity index is 1.39. The van der Waals surface area contributed by atoms with Crippen molar-refractivity contribution in [3.63, 3.8) is 0 Å². The van der Waals surface area contributed by atoms with E-state index in [9.17, 15) is 18.0 Å². The number of rotatable bonds is 6. The zero-order valence-corrected chi connectivity index (χ0v) is 18.0. The van der Waals surface area contributed by atoms with E-state index in [1.807, 2.05) is 31.2 Å². The Morgan fingerprint density at radius 1 is 1.03 bits per heavy atom. The number of hydrogen-bond acceptors (Lipinski definition) is 6. The highest BCUT2D eigenvalue weighted by Gasteiger charge is 2.36. The third-order valence-electron chi connectivity index (χ3n) is 5.41. The molecule has 1 aliphatic heterocycles. The first kappa shape index (κ1) is 22.7. The Bertz CT molecular complexity index is 1090. The molecule has 0 radical (unpaired) electrons. The third kappa shape index (κ3) is 5.14. The predicted molar refractivity (Wildman–Crippen MR) is 113 cm³/mol. The van der Waals surface area contributed by atoms with Crippen molar-refractivity contribution in [3.05, 3.63) is 65.5 Å². The van der Waals surface area contributed by atoms with Crippen LogP contribution in [0.1, 0.15) is 28.7 Å². The maximum Gasteiger partial charge on any atom is 0.417 e. The van der Waals surface area contributed by atoms with Gasteiger partial charge in [-0.15, -0.1) is 5.10 Å². The summed E-state index contributed by atoms with van der Waals surface area (Å²) < 4.78 is 46.9. The van der Waals surface area contributed by atoms with Gasteiger partial charge in [-0.3, -0.25) is 9.69 Å². The summed E-state index contributed by atoms with van der Waals surface area (Å²) in [6, 6.07) is 12.3. The molecule has 4 rings (SSSR count). The SMILES string of the molecule is CCOc1ccc(-n2nnnc2CN2CCN(C(=O)c3ccccc3C(F)(F)F)CC2)cc1. The van der Waals surface area contributed by atoms with Crippen LogP contribution in [0.3, 0.4) is 0 Å². The number of benzene rings is 2. The van der Waals surface area contributed by atoms with Crippen LogP contribution in [0.2, 0.25) is 0 Å². The Morgan fingerprint density at radius 3 is 2.39 bits per heavy atom. The van der Waals surface area contributed by atoms with Gasteiger partial charge in [0.1, 0.15) is 5.75 Å². The number of alkyl halides is 3. The molecule has 11 heteroatoms. The van der Waals surface area contributed by atoms with Crippen LogP contribution < -0.4 is 4.74 Å². The van der Waals surface area contributed by atoms with Crippen LogP contribution in [-0.4, -0.2) is 68.7 Å². The van der Waals surface area contributed by atoms with E-state index < -0.39 is 17.6 Å². The topological polar surface area (TPSA) is 76.4 Å². The maximum absolute atomic E-state index is 13.3. The predicted octanol–water partition coefficient (Wildman–Crippen LogP) is 3.04. The second-order valence-corrected chi connectivity index (χ2v) is 7.55. The van der Waals surface area contributed by atoms with Crippen LogP contribution in [0.5, 0.6) is 5.75 Å². The quantitative estimate of drug-likeness (QED) is 0.563. The average Bonchev–Trinajstić information content (AvgIpc) is 3.27. The fraction of sp³-hybridized carbons (Fsp3) is 0.364. The van der Waals surface area contributed by atoms with E-state index in [0.29, 0.717) is 45.2 Å². The molecule has 1 saturated heterocycles. The summed E-state index contributed by atoms with van der Waals surface area (Å²) in [5.74, 6) is 0.770. The molecular weight excluding hydrogens is 437 g/mol. The average molecular weight is 460 g/mol. The lowest BCUT2D eigenvalue weighted by Crippen LogP contribution is -2.48. The molecule has 0 spiro atoms. The molecule has 0 N–H and O–H groups in total. The Morgan fingerprint density at radius 2 is 1.73 bits per heavy atom. The largest absolute Gasteiger partial charge is 0.494 e. The van der Waals surface area contributed by atoms with Gasteiger partial charge in [0.05, 0.1) is 30.0 Å². The molecule has 0 bridgehead atoms. The summed E-state index contributed by atoms with van der Waals surface area (Å²) in [5.41, 5.74) is -0.444. The minimum absolute atomic E-state index is 0.315. The van der Waals surface area contributed by atoms with E-state index in [2.05, 4.69) is 20.4 Å². The highest BCUT2D eigenvalue weighted by Crippen LogP contribution is 2.32. The van der Waals surface area contributed by atoms with Gasteiger partial charge < -0.3 is 9.64 Å². The van der Waals surface area contributed by atoms with Gasteiger partial charge in [0, 0.05) is 26.2 Å². The van der Waals surface area contributed by atoms with E-state index in [0.717, 1.165) is 17.5 Å². The Hall–Kier alpha value is -3.47. The second-order valence-electron chi connectivity index (χ2n) is 7.55. The van der Waals surface area contributed by atoms with E-state index >= 15 is 0 Å². The van der Waals surface area contributed by atoms with E-state index in [1.165, 1.54) is 23.1 Å². The monoisotopic (exact) mass is 460 g/mol. The number of piperazine rings is 1. The van der Waals surface area contributed by atoms with Crippen molar-refractivity contribution in [1.82, 2.24) is 30.0 Å². The van der Waals surface area contributed by atoms with Crippen LogP contribution in [0.25, 0.3) is 5.69 Å². The van der Waals surface area contributed by atoms with Gasteiger partial charge in [0.2, 0.25) is 0 Å². The number of ether oxygens (including phenoxy) is 1. The molecular formula is C22H23F3N6O2. The van der Waals surface area contributed by atoms with Crippen LogP contribution in [0.4, 0.5) is 13.2 Å². The van der Waals surface area contributed by atoms with E-state index in [4.69, 9.17) is 4.74 Å². The first-order chi connectivity index (χ1) is 15.9. The number of halogens is 3. The van der Waals surface area contributed by atoms with Crippen molar-refractivity contribution >= 4 is 5.91 Å². The van der Waals surface area contributed by atoms with Crippen molar-refractivity contribution in [2.45, 2.75) is 19.6 Å². The zero-order valence-electron chi connectivity index (χ0n) is 18.0. The first-order valence-corrected chi connectivity index (χ1v) is 10.5. The normalized spacial score (nSPS) is 15.0. The molecule has 33 heavy (non-hydrogen) atoms. The van der Waals surface area contributed by atoms with Gasteiger partial charge >= 0.3 is 6.18 Å². The number of hydrogen-bond donors (Lipinski definition) is 0. The lowest BCUT2D eigenvalue weighted by atomic mass is 10.1. The molecule has 2 aromatic carbocycles. The molecule has 0 saturated carbocycles. The summed E-state index contributed by atoms with van der Waals surface area (Å²) in [5, 5.41) is 11.9. The van der Waals surface area contributed by atoms with Crippen LogP contribution in [-0.2, 0) is 12.7 Å². The van der Waals surface area contributed by atoms with Crippen molar-refractivity contribution in [2.24, 2.45) is 0 Å². The third-order valence-corrected chi connectivity index (χ3v) is 5.41. The van der Waals surface area contributed by atoms with Gasteiger partial charge in [0.15, 0.2) is 5.82 Å². The molecule has 174 valence electrons. The van der Waals surface area contributed by atoms with Gasteiger partial charge in [-0.05, 0) is 53.7 Å². The standard InChI is InChI=1S/C22H23F3N6O2/c1-2-33-17-9-7-16(8-10-17)31-20(26-27-28-31)15-29-11-13-30(14-12-29)21(32)18-5-3-4-6-19(18)22(23,24)25/h3-10H,2,11-15H2,1H3. The number of tetrazole rings is 1.